The number of carboxylic acid groups (broad SMARTS) is 1. The first kappa shape index (κ1) is 21.0. The number of amides is 3. The molecule has 1 fully saturated rings. The van der Waals surface area contributed by atoms with Gasteiger partial charge in [0.1, 0.15) is 5.82 Å². The third kappa shape index (κ3) is 7.68. The second-order valence-corrected chi connectivity index (χ2v) is 5.22. The largest absolute Gasteiger partial charge is 0.490 e. The zero-order chi connectivity index (χ0) is 19.7. The summed E-state index contributed by atoms with van der Waals surface area (Å²) in [5.74, 6) is -2.41. The van der Waals surface area contributed by atoms with E-state index in [4.69, 9.17) is 15.6 Å². The average molecular weight is 377 g/mol. The molecule has 9 nitrogen and oxygen atoms in total. The van der Waals surface area contributed by atoms with Gasteiger partial charge in [0, 0.05) is 25.3 Å². The Labute approximate surface area is 146 Å². The molecule has 26 heavy (non-hydrogen) atoms. The topological polar surface area (TPSA) is 138 Å². The van der Waals surface area contributed by atoms with E-state index in [-0.39, 0.29) is 18.6 Å². The van der Waals surface area contributed by atoms with Gasteiger partial charge in [-0.3, -0.25) is 4.79 Å². The average Bonchev–Trinajstić information content (AvgIpc) is 3.02. The minimum atomic E-state index is -5.08. The van der Waals surface area contributed by atoms with Gasteiger partial charge in [-0.25, -0.2) is 14.6 Å². The molecule has 2 rings (SSSR count). The lowest BCUT2D eigenvalue weighted by atomic mass is 10.3. The van der Waals surface area contributed by atoms with Gasteiger partial charge in [-0.15, -0.1) is 0 Å². The zero-order valence-corrected chi connectivity index (χ0v) is 13.5. The van der Waals surface area contributed by atoms with E-state index in [1.807, 2.05) is 18.2 Å². The molecule has 0 saturated carbocycles. The number of hydrogen-bond donors (Lipinski definition) is 4. The lowest BCUT2D eigenvalue weighted by Crippen LogP contribution is -2.45. The summed E-state index contributed by atoms with van der Waals surface area (Å²) in [4.78, 5) is 37.3. The number of urea groups is 1. The van der Waals surface area contributed by atoms with Crippen LogP contribution >= 0.6 is 0 Å². The quantitative estimate of drug-likeness (QED) is 0.586. The number of primary amides is 1. The molecule has 1 aromatic rings. The van der Waals surface area contributed by atoms with Gasteiger partial charge in [0.05, 0.1) is 6.54 Å². The van der Waals surface area contributed by atoms with Gasteiger partial charge in [0.2, 0.25) is 5.91 Å². The summed E-state index contributed by atoms with van der Waals surface area (Å²) >= 11 is 0. The SMILES string of the molecule is NC(=O)CNC(=O)N[C@@H]1CCN(c2ccccn2)C1.O=C(O)C(F)(F)F. The van der Waals surface area contributed by atoms with E-state index >= 15 is 0 Å². The first-order valence-electron chi connectivity index (χ1n) is 7.38. The Kier molecular flexibility index (Phi) is 7.62. The Bertz CT molecular complexity index is 627. The van der Waals surface area contributed by atoms with Gasteiger partial charge < -0.3 is 26.4 Å². The second-order valence-electron chi connectivity index (χ2n) is 5.22. The lowest BCUT2D eigenvalue weighted by molar-refractivity contribution is -0.192. The van der Waals surface area contributed by atoms with Crippen LogP contribution in [0, 0.1) is 0 Å². The van der Waals surface area contributed by atoms with Gasteiger partial charge in [-0.05, 0) is 18.6 Å². The van der Waals surface area contributed by atoms with Gasteiger partial charge in [0.15, 0.2) is 0 Å². The molecule has 1 atom stereocenters. The molecule has 3 amide bonds. The number of alkyl halides is 3. The molecule has 2 heterocycles. The van der Waals surface area contributed by atoms with Crippen molar-refractivity contribution in [2.24, 2.45) is 5.73 Å². The first-order valence-corrected chi connectivity index (χ1v) is 7.38. The number of pyridine rings is 1. The molecule has 0 spiro atoms. The number of carbonyl (C=O) groups is 3. The minimum Gasteiger partial charge on any atom is -0.475 e. The highest BCUT2D eigenvalue weighted by molar-refractivity contribution is 5.82. The van der Waals surface area contributed by atoms with Crippen LogP contribution in [-0.2, 0) is 9.59 Å². The fourth-order valence-electron chi connectivity index (χ4n) is 2.03. The van der Waals surface area contributed by atoms with Crippen LogP contribution in [0.5, 0.6) is 0 Å². The highest BCUT2D eigenvalue weighted by atomic mass is 19.4. The van der Waals surface area contributed by atoms with Crippen molar-refractivity contribution in [1.29, 1.82) is 0 Å². The predicted molar refractivity (Wildman–Crippen MR) is 84.3 cm³/mol. The van der Waals surface area contributed by atoms with Gasteiger partial charge >= 0.3 is 18.2 Å². The Hall–Kier alpha value is -3.05. The molecule has 5 N–H and O–H groups in total. The van der Waals surface area contributed by atoms with Crippen molar-refractivity contribution < 1.29 is 32.7 Å². The number of nitrogens with one attached hydrogen (secondary N) is 2. The number of anilines is 1. The summed E-state index contributed by atoms with van der Waals surface area (Å²) in [6, 6.07) is 5.42. The molecule has 144 valence electrons. The van der Waals surface area contributed by atoms with Crippen molar-refractivity contribution in [3.63, 3.8) is 0 Å². The summed E-state index contributed by atoms with van der Waals surface area (Å²) < 4.78 is 31.7. The molecule has 1 aromatic heterocycles. The molecule has 12 heteroatoms. The summed E-state index contributed by atoms with van der Waals surface area (Å²) in [6.07, 6.45) is -2.49. The maximum Gasteiger partial charge on any atom is 0.490 e. The van der Waals surface area contributed by atoms with Crippen LogP contribution in [-0.4, -0.2) is 59.9 Å². The number of hydrogen-bond acceptors (Lipinski definition) is 5. The molecular formula is C14H18F3N5O4. The van der Waals surface area contributed by atoms with Crippen molar-refractivity contribution in [3.8, 4) is 0 Å². The second kappa shape index (κ2) is 9.44. The Morgan fingerprint density at radius 2 is 2.00 bits per heavy atom. The number of carboxylic acids is 1. The van der Waals surface area contributed by atoms with Crippen molar-refractivity contribution in [2.45, 2.75) is 18.6 Å². The number of nitrogens with zero attached hydrogens (tertiary/aromatic N) is 2. The van der Waals surface area contributed by atoms with Crippen molar-refractivity contribution in [1.82, 2.24) is 15.6 Å². The maximum atomic E-state index is 11.5. The molecule has 0 aliphatic carbocycles. The highest BCUT2D eigenvalue weighted by Crippen LogP contribution is 2.17. The number of rotatable bonds is 4. The van der Waals surface area contributed by atoms with Crippen LogP contribution in [0.3, 0.4) is 0 Å². The lowest BCUT2D eigenvalue weighted by Gasteiger charge is -2.17. The third-order valence-corrected chi connectivity index (χ3v) is 3.16. The van der Waals surface area contributed by atoms with Crippen molar-refractivity contribution in [3.05, 3.63) is 24.4 Å². The highest BCUT2D eigenvalue weighted by Gasteiger charge is 2.38. The van der Waals surface area contributed by atoms with Crippen LogP contribution in [0.2, 0.25) is 0 Å². The van der Waals surface area contributed by atoms with Crippen molar-refractivity contribution in [2.75, 3.05) is 24.5 Å². The molecule has 0 aromatic carbocycles. The fraction of sp³-hybridized carbons (Fsp3) is 0.429. The molecule has 1 aliphatic heterocycles. The molecule has 1 aliphatic rings. The van der Waals surface area contributed by atoms with E-state index < -0.39 is 18.1 Å². The predicted octanol–water partition coefficient (Wildman–Crippen LogP) is 0.0781. The van der Waals surface area contributed by atoms with Crippen LogP contribution in [0.4, 0.5) is 23.8 Å². The number of halogens is 3. The Balaban J connectivity index is 0.000000412. The smallest absolute Gasteiger partial charge is 0.475 e. The number of nitrogens with two attached hydrogens (primary N) is 1. The Morgan fingerprint density at radius 1 is 1.35 bits per heavy atom. The molecular weight excluding hydrogens is 359 g/mol. The van der Waals surface area contributed by atoms with Crippen molar-refractivity contribution >= 4 is 23.7 Å². The minimum absolute atomic E-state index is 0.0508. The standard InChI is InChI=1S/C12H17N5O2.C2HF3O2/c13-10(18)7-15-12(19)16-9-4-6-17(8-9)11-3-1-2-5-14-11;3-2(4,5)1(6)7/h1-3,5,9H,4,6-8H2,(H2,13,18)(H2,15,16,19);(H,6,7)/t9-;/m1./s1. The monoisotopic (exact) mass is 377 g/mol. The van der Waals surface area contributed by atoms with Gasteiger partial charge in [0.25, 0.3) is 0 Å². The number of carbonyl (C=O) groups excluding carboxylic acids is 2. The van der Waals surface area contributed by atoms with E-state index in [0.29, 0.717) is 6.54 Å². The van der Waals surface area contributed by atoms with Crippen LogP contribution in [0.1, 0.15) is 6.42 Å². The van der Waals surface area contributed by atoms with E-state index in [9.17, 15) is 22.8 Å². The molecule has 0 unspecified atom stereocenters. The Morgan fingerprint density at radius 3 is 2.50 bits per heavy atom. The summed E-state index contributed by atoms with van der Waals surface area (Å²) in [5, 5.41) is 12.3. The summed E-state index contributed by atoms with van der Waals surface area (Å²) in [6.45, 7) is 1.40. The summed E-state index contributed by atoms with van der Waals surface area (Å²) in [7, 11) is 0. The van der Waals surface area contributed by atoms with Gasteiger partial charge in [-0.1, -0.05) is 6.07 Å². The third-order valence-electron chi connectivity index (χ3n) is 3.16. The van der Waals surface area contributed by atoms with E-state index in [1.54, 1.807) is 6.20 Å². The fourth-order valence-corrected chi connectivity index (χ4v) is 2.03. The zero-order valence-electron chi connectivity index (χ0n) is 13.5. The van der Waals surface area contributed by atoms with E-state index in [2.05, 4.69) is 20.5 Å². The van der Waals surface area contributed by atoms with E-state index in [1.165, 1.54) is 0 Å². The first-order chi connectivity index (χ1) is 12.1. The van der Waals surface area contributed by atoms with Crippen LogP contribution in [0.15, 0.2) is 24.4 Å². The molecule has 1 saturated heterocycles. The molecule has 0 radical (unpaired) electrons. The van der Waals surface area contributed by atoms with E-state index in [0.717, 1.165) is 18.8 Å². The molecule has 0 bridgehead atoms. The normalized spacial score (nSPS) is 16.3. The summed E-state index contributed by atoms with van der Waals surface area (Å²) in [5.41, 5.74) is 4.95. The van der Waals surface area contributed by atoms with Crippen LogP contribution in [0.25, 0.3) is 0 Å². The number of aliphatic carboxylic acids is 1. The maximum absolute atomic E-state index is 11.5. The van der Waals surface area contributed by atoms with Gasteiger partial charge in [-0.2, -0.15) is 13.2 Å². The number of aromatic nitrogens is 1. The van der Waals surface area contributed by atoms with Crippen LogP contribution < -0.4 is 21.3 Å².